The highest BCUT2D eigenvalue weighted by Crippen LogP contribution is 2.21. The number of carbonyl (C=O) groups is 1. The van der Waals surface area contributed by atoms with E-state index in [9.17, 15) is 13.2 Å². The van der Waals surface area contributed by atoms with Gasteiger partial charge in [0.15, 0.2) is 10.2 Å². The number of hydrogen-bond donors (Lipinski definition) is 6. The van der Waals surface area contributed by atoms with Gasteiger partial charge in [0.2, 0.25) is 9.84 Å². The maximum absolute atomic E-state index is 12.0. The molecule has 0 atom stereocenters. The lowest BCUT2D eigenvalue weighted by Crippen LogP contribution is -2.24. The van der Waals surface area contributed by atoms with E-state index in [1.165, 1.54) is 13.1 Å². The van der Waals surface area contributed by atoms with Crippen LogP contribution in [0, 0.1) is 5.41 Å². The minimum absolute atomic E-state index is 0.131. The quantitative estimate of drug-likeness (QED) is 0.220. The van der Waals surface area contributed by atoms with E-state index in [0.717, 1.165) is 0 Å². The van der Waals surface area contributed by atoms with Gasteiger partial charge in [-0.3, -0.25) is 5.41 Å². The van der Waals surface area contributed by atoms with Gasteiger partial charge in [-0.2, -0.15) is 0 Å². The second kappa shape index (κ2) is 9.48. The highest BCUT2D eigenvalue weighted by molar-refractivity contribution is 8.27. The van der Waals surface area contributed by atoms with Crippen LogP contribution in [0.25, 0.3) is 11.4 Å². The molecule has 0 spiro atoms. The fourth-order valence-corrected chi connectivity index (χ4v) is 3.00. The minimum Gasteiger partial charge on any atom is -0.395 e. The van der Waals surface area contributed by atoms with Gasteiger partial charge in [0.05, 0.1) is 18.1 Å². The van der Waals surface area contributed by atoms with Crippen molar-refractivity contribution >= 4 is 44.4 Å². The van der Waals surface area contributed by atoms with Crippen LogP contribution in [0.1, 0.15) is 5.69 Å². The fraction of sp³-hybridized carbons (Fsp3) is 0.250. The van der Waals surface area contributed by atoms with Crippen molar-refractivity contribution in [1.29, 1.82) is 5.41 Å². The summed E-state index contributed by atoms with van der Waals surface area (Å²) in [7, 11) is -2.38. The zero-order chi connectivity index (χ0) is 20.7. The lowest BCUT2D eigenvalue weighted by atomic mass is 10.2. The number of nitrogens with zero attached hydrogens (tertiary/aromatic N) is 2. The smallest absolute Gasteiger partial charge is 0.318 e. The van der Waals surface area contributed by atoms with Crippen molar-refractivity contribution < 1.29 is 18.3 Å². The Balaban J connectivity index is 2.37. The van der Waals surface area contributed by atoms with Crippen molar-refractivity contribution in [3.63, 3.8) is 0 Å². The van der Waals surface area contributed by atoms with Crippen LogP contribution < -0.4 is 16.0 Å². The van der Waals surface area contributed by atoms with E-state index in [4.69, 9.17) is 10.5 Å². The molecule has 0 aliphatic carbocycles. The number of aliphatic hydroxyl groups excluding tert-OH is 1. The molecule has 0 aliphatic rings. The van der Waals surface area contributed by atoms with Crippen LogP contribution in [0.2, 0.25) is 0 Å². The SMILES string of the molecule is CNC(=O)Nc1ccc(-c2nc(CS(=O)(=O)C(=N)S)cc(NCCO)n2)cc1. The molecular formula is C16H20N6O4S2. The zero-order valence-corrected chi connectivity index (χ0v) is 16.6. The average molecular weight is 425 g/mol. The zero-order valence-electron chi connectivity index (χ0n) is 14.9. The number of urea groups is 1. The predicted octanol–water partition coefficient (Wildman–Crippen LogP) is 1.08. The number of anilines is 2. The van der Waals surface area contributed by atoms with Crippen LogP contribution >= 0.6 is 12.6 Å². The van der Waals surface area contributed by atoms with Gasteiger partial charge < -0.3 is 21.1 Å². The molecule has 10 nitrogen and oxygen atoms in total. The molecule has 0 fully saturated rings. The maximum Gasteiger partial charge on any atom is 0.318 e. The molecule has 0 saturated heterocycles. The van der Waals surface area contributed by atoms with Gasteiger partial charge in [0.1, 0.15) is 5.82 Å². The normalized spacial score (nSPS) is 11.0. The van der Waals surface area contributed by atoms with Crippen LogP contribution in [-0.4, -0.2) is 54.1 Å². The standard InChI is InChI=1S/C16H20N6O4S2/c1-18-16(24)21-11-4-2-10(3-5-11)14-20-12(9-28(25,26)15(17)27)8-13(22-14)19-6-7-23/h2-5,8,23H,6-7,9H2,1H3,(H2,17,27)(H2,18,21,24)(H,19,20,22). The molecule has 0 aliphatic heterocycles. The lowest BCUT2D eigenvalue weighted by Gasteiger charge is -2.10. The summed E-state index contributed by atoms with van der Waals surface area (Å²) >= 11 is 3.60. The summed E-state index contributed by atoms with van der Waals surface area (Å²) in [5, 5.41) is 24.2. The van der Waals surface area contributed by atoms with Crippen molar-refractivity contribution in [3.05, 3.63) is 36.0 Å². The van der Waals surface area contributed by atoms with Crippen molar-refractivity contribution in [1.82, 2.24) is 15.3 Å². The first kappa shape index (κ1) is 21.6. The molecule has 28 heavy (non-hydrogen) atoms. The summed E-state index contributed by atoms with van der Waals surface area (Å²) in [5.41, 5.74) is 1.33. The third-order valence-electron chi connectivity index (χ3n) is 3.46. The Labute approximate surface area is 167 Å². The summed E-state index contributed by atoms with van der Waals surface area (Å²) in [6, 6.07) is 7.74. The molecular weight excluding hydrogens is 404 g/mol. The number of amides is 2. The van der Waals surface area contributed by atoms with Crippen molar-refractivity contribution in [3.8, 4) is 11.4 Å². The monoisotopic (exact) mass is 424 g/mol. The number of aliphatic hydroxyl groups is 1. The van der Waals surface area contributed by atoms with E-state index in [1.54, 1.807) is 24.3 Å². The molecule has 1 aromatic heterocycles. The van der Waals surface area contributed by atoms with E-state index < -0.39 is 20.0 Å². The second-order valence-electron chi connectivity index (χ2n) is 5.56. The Morgan fingerprint density at radius 1 is 1.25 bits per heavy atom. The summed E-state index contributed by atoms with van der Waals surface area (Å²) in [4.78, 5) is 19.9. The Morgan fingerprint density at radius 3 is 2.50 bits per heavy atom. The maximum atomic E-state index is 12.0. The molecule has 2 amide bonds. The van der Waals surface area contributed by atoms with E-state index >= 15 is 0 Å². The van der Waals surface area contributed by atoms with Gasteiger partial charge in [0, 0.05) is 30.9 Å². The molecule has 1 heterocycles. The Bertz CT molecular complexity index is 964. The molecule has 0 radical (unpaired) electrons. The molecule has 2 rings (SSSR count). The van der Waals surface area contributed by atoms with E-state index in [2.05, 4.69) is 38.5 Å². The number of nitrogens with one attached hydrogen (secondary N) is 4. The number of aromatic nitrogens is 2. The first-order chi connectivity index (χ1) is 13.2. The largest absolute Gasteiger partial charge is 0.395 e. The molecule has 0 saturated carbocycles. The van der Waals surface area contributed by atoms with Gasteiger partial charge in [0.25, 0.3) is 0 Å². The number of benzene rings is 1. The molecule has 1 aromatic carbocycles. The Kier molecular flexibility index (Phi) is 7.31. The highest BCUT2D eigenvalue weighted by Gasteiger charge is 2.18. The Hall–Kier alpha value is -2.70. The van der Waals surface area contributed by atoms with E-state index in [-0.39, 0.29) is 30.7 Å². The van der Waals surface area contributed by atoms with Crippen LogP contribution in [0.5, 0.6) is 0 Å². The minimum atomic E-state index is -3.88. The van der Waals surface area contributed by atoms with Crippen LogP contribution in [0.3, 0.4) is 0 Å². The van der Waals surface area contributed by atoms with Crippen LogP contribution in [0.15, 0.2) is 30.3 Å². The summed E-state index contributed by atoms with van der Waals surface area (Å²) < 4.78 is 23.2. The fourth-order valence-electron chi connectivity index (χ4n) is 2.13. The van der Waals surface area contributed by atoms with Crippen molar-refractivity contribution in [2.24, 2.45) is 0 Å². The van der Waals surface area contributed by atoms with Gasteiger partial charge >= 0.3 is 6.03 Å². The number of carbonyl (C=O) groups excluding carboxylic acids is 1. The third kappa shape index (κ3) is 5.90. The van der Waals surface area contributed by atoms with Gasteiger partial charge in [-0.25, -0.2) is 23.2 Å². The topological polar surface area (TPSA) is 157 Å². The Morgan fingerprint density at radius 2 is 1.93 bits per heavy atom. The van der Waals surface area contributed by atoms with Crippen LogP contribution in [-0.2, 0) is 15.6 Å². The average Bonchev–Trinajstić information content (AvgIpc) is 2.66. The predicted molar refractivity (Wildman–Crippen MR) is 110 cm³/mol. The van der Waals surface area contributed by atoms with Gasteiger partial charge in [-0.05, 0) is 24.3 Å². The molecule has 12 heteroatoms. The van der Waals surface area contributed by atoms with Crippen LogP contribution in [0.4, 0.5) is 16.3 Å². The highest BCUT2D eigenvalue weighted by atomic mass is 32.2. The van der Waals surface area contributed by atoms with E-state index in [0.29, 0.717) is 17.1 Å². The van der Waals surface area contributed by atoms with Gasteiger partial charge in [-0.1, -0.05) is 0 Å². The summed E-state index contributed by atoms with van der Waals surface area (Å²) in [6.45, 7) is 0.0914. The second-order valence-corrected chi connectivity index (χ2v) is 8.24. The first-order valence-corrected chi connectivity index (χ1v) is 10.2. The van der Waals surface area contributed by atoms with E-state index in [1.807, 2.05) is 0 Å². The number of sulfone groups is 1. The molecule has 2 aromatic rings. The van der Waals surface area contributed by atoms with Crippen molar-refractivity contribution in [2.75, 3.05) is 30.8 Å². The third-order valence-corrected chi connectivity index (χ3v) is 5.56. The molecule has 0 bridgehead atoms. The number of thiol groups is 1. The summed E-state index contributed by atoms with van der Waals surface area (Å²) in [5.74, 6) is 0.0856. The molecule has 5 N–H and O–H groups in total. The summed E-state index contributed by atoms with van der Waals surface area (Å²) in [6.07, 6.45) is 0. The molecule has 150 valence electrons. The van der Waals surface area contributed by atoms with Crippen molar-refractivity contribution in [2.45, 2.75) is 5.75 Å². The first-order valence-electron chi connectivity index (χ1n) is 8.07. The number of hydrogen-bond acceptors (Lipinski definition) is 8. The lowest BCUT2D eigenvalue weighted by molar-refractivity contribution is 0.254. The number of rotatable bonds is 7. The van der Waals surface area contributed by atoms with Gasteiger partial charge in [-0.15, -0.1) is 12.6 Å². The molecule has 0 unspecified atom stereocenters.